The first-order valence-corrected chi connectivity index (χ1v) is 6.47. The molecule has 4 nitrogen and oxygen atoms in total. The standard InChI is InChI=1S/C14H21FN2O2/c1-4-10(5-2)17-14(18)9-16-11-6-7-13(19-3)12(15)8-11/h6-8,10,16H,4-5,9H2,1-3H3,(H,17,18). The summed E-state index contributed by atoms with van der Waals surface area (Å²) in [5.41, 5.74) is 0.554. The molecular formula is C14H21FN2O2. The minimum Gasteiger partial charge on any atom is -0.494 e. The normalized spacial score (nSPS) is 10.4. The first-order chi connectivity index (χ1) is 9.10. The topological polar surface area (TPSA) is 50.4 Å². The zero-order valence-electron chi connectivity index (χ0n) is 11.6. The third-order valence-corrected chi connectivity index (χ3v) is 2.96. The molecule has 1 amide bonds. The van der Waals surface area contributed by atoms with Crippen molar-refractivity contribution < 1.29 is 13.9 Å². The molecule has 1 aromatic rings. The van der Waals surface area contributed by atoms with Crippen molar-refractivity contribution in [3.63, 3.8) is 0 Å². The second-order valence-corrected chi connectivity index (χ2v) is 4.28. The van der Waals surface area contributed by atoms with Gasteiger partial charge in [-0.05, 0) is 25.0 Å². The first-order valence-electron chi connectivity index (χ1n) is 6.47. The molecule has 0 aliphatic carbocycles. The molecule has 0 unspecified atom stereocenters. The summed E-state index contributed by atoms with van der Waals surface area (Å²) in [5.74, 6) is -0.357. The van der Waals surface area contributed by atoms with Gasteiger partial charge in [0.25, 0.3) is 0 Å². The molecule has 2 N–H and O–H groups in total. The number of nitrogens with one attached hydrogen (secondary N) is 2. The fourth-order valence-corrected chi connectivity index (χ4v) is 1.73. The number of halogens is 1. The number of ether oxygens (including phenoxy) is 1. The Morgan fingerprint density at radius 3 is 2.58 bits per heavy atom. The molecule has 0 saturated carbocycles. The highest BCUT2D eigenvalue weighted by atomic mass is 19.1. The zero-order valence-corrected chi connectivity index (χ0v) is 11.6. The summed E-state index contributed by atoms with van der Waals surface area (Å²) in [4.78, 5) is 11.7. The van der Waals surface area contributed by atoms with Gasteiger partial charge < -0.3 is 15.4 Å². The largest absolute Gasteiger partial charge is 0.494 e. The Bertz CT molecular complexity index is 420. The van der Waals surface area contributed by atoms with Crippen molar-refractivity contribution in [1.29, 1.82) is 0 Å². The molecule has 0 fully saturated rings. The van der Waals surface area contributed by atoms with Crippen molar-refractivity contribution in [1.82, 2.24) is 5.32 Å². The number of benzene rings is 1. The maximum Gasteiger partial charge on any atom is 0.239 e. The Hall–Kier alpha value is -1.78. The van der Waals surface area contributed by atoms with Crippen LogP contribution in [0.3, 0.4) is 0 Å². The lowest BCUT2D eigenvalue weighted by Crippen LogP contribution is -2.37. The lowest BCUT2D eigenvalue weighted by molar-refractivity contribution is -0.120. The van der Waals surface area contributed by atoms with E-state index >= 15 is 0 Å². The molecule has 1 aromatic carbocycles. The van der Waals surface area contributed by atoms with Crippen LogP contribution in [0.5, 0.6) is 5.75 Å². The lowest BCUT2D eigenvalue weighted by atomic mass is 10.2. The van der Waals surface area contributed by atoms with Crippen LogP contribution in [-0.2, 0) is 4.79 Å². The Morgan fingerprint density at radius 2 is 2.05 bits per heavy atom. The van der Waals surface area contributed by atoms with Gasteiger partial charge in [0.2, 0.25) is 5.91 Å². The number of carbonyl (C=O) groups is 1. The van der Waals surface area contributed by atoms with Gasteiger partial charge in [0.15, 0.2) is 11.6 Å². The number of hydrogen-bond acceptors (Lipinski definition) is 3. The number of hydrogen-bond donors (Lipinski definition) is 2. The van der Waals surface area contributed by atoms with E-state index in [-0.39, 0.29) is 24.2 Å². The van der Waals surface area contributed by atoms with Gasteiger partial charge in [-0.15, -0.1) is 0 Å². The Morgan fingerprint density at radius 1 is 1.37 bits per heavy atom. The first kappa shape index (κ1) is 15.3. The van der Waals surface area contributed by atoms with Gasteiger partial charge in [-0.1, -0.05) is 13.8 Å². The lowest BCUT2D eigenvalue weighted by Gasteiger charge is -2.15. The van der Waals surface area contributed by atoms with Gasteiger partial charge in [0, 0.05) is 17.8 Å². The molecule has 0 heterocycles. The highest BCUT2D eigenvalue weighted by Gasteiger charge is 2.08. The fraction of sp³-hybridized carbons (Fsp3) is 0.500. The molecule has 106 valence electrons. The fourth-order valence-electron chi connectivity index (χ4n) is 1.73. The Balaban J connectivity index is 2.48. The summed E-state index contributed by atoms with van der Waals surface area (Å²) in [6.45, 7) is 4.18. The molecule has 5 heteroatoms. The van der Waals surface area contributed by atoms with Crippen molar-refractivity contribution in [2.45, 2.75) is 32.7 Å². The predicted octanol–water partition coefficient (Wildman–Crippen LogP) is 2.55. The van der Waals surface area contributed by atoms with Gasteiger partial charge in [0.1, 0.15) is 0 Å². The Kier molecular flexibility index (Phi) is 6.12. The molecule has 0 aliphatic heterocycles. The van der Waals surface area contributed by atoms with E-state index in [1.807, 2.05) is 13.8 Å². The van der Waals surface area contributed by atoms with E-state index in [2.05, 4.69) is 10.6 Å². The highest BCUT2D eigenvalue weighted by Crippen LogP contribution is 2.20. The monoisotopic (exact) mass is 268 g/mol. The molecule has 0 spiro atoms. The van der Waals surface area contributed by atoms with Crippen LogP contribution in [0.2, 0.25) is 0 Å². The van der Waals surface area contributed by atoms with Crippen LogP contribution < -0.4 is 15.4 Å². The van der Waals surface area contributed by atoms with Gasteiger partial charge in [-0.25, -0.2) is 4.39 Å². The van der Waals surface area contributed by atoms with Crippen molar-refractivity contribution in [3.05, 3.63) is 24.0 Å². The zero-order chi connectivity index (χ0) is 14.3. The van der Waals surface area contributed by atoms with Gasteiger partial charge in [0.05, 0.1) is 13.7 Å². The van der Waals surface area contributed by atoms with Gasteiger partial charge >= 0.3 is 0 Å². The third kappa shape index (κ3) is 4.77. The molecule has 0 bridgehead atoms. The second kappa shape index (κ2) is 7.61. The number of anilines is 1. The molecule has 1 rings (SSSR count). The maximum absolute atomic E-state index is 13.4. The Labute approximate surface area is 113 Å². The summed E-state index contributed by atoms with van der Waals surface area (Å²) in [6, 6.07) is 4.70. The molecule has 0 aromatic heterocycles. The van der Waals surface area contributed by atoms with Crippen LogP contribution >= 0.6 is 0 Å². The van der Waals surface area contributed by atoms with Crippen LogP contribution in [0.25, 0.3) is 0 Å². The van der Waals surface area contributed by atoms with E-state index in [1.54, 1.807) is 6.07 Å². The second-order valence-electron chi connectivity index (χ2n) is 4.28. The molecule has 0 aliphatic rings. The molecule has 0 saturated heterocycles. The smallest absolute Gasteiger partial charge is 0.239 e. The van der Waals surface area contributed by atoms with Crippen LogP contribution in [0.1, 0.15) is 26.7 Å². The quantitative estimate of drug-likeness (QED) is 0.799. The maximum atomic E-state index is 13.4. The number of rotatable bonds is 7. The summed E-state index contributed by atoms with van der Waals surface area (Å²) < 4.78 is 18.3. The van der Waals surface area contributed by atoms with Crippen molar-refractivity contribution in [2.24, 2.45) is 0 Å². The highest BCUT2D eigenvalue weighted by molar-refractivity contribution is 5.81. The number of methoxy groups -OCH3 is 1. The van der Waals surface area contributed by atoms with Crippen LogP contribution in [-0.4, -0.2) is 25.6 Å². The number of carbonyl (C=O) groups excluding carboxylic acids is 1. The third-order valence-electron chi connectivity index (χ3n) is 2.96. The number of amides is 1. The van der Waals surface area contributed by atoms with Crippen LogP contribution in [0.15, 0.2) is 18.2 Å². The van der Waals surface area contributed by atoms with Crippen LogP contribution in [0, 0.1) is 5.82 Å². The summed E-state index contributed by atoms with van der Waals surface area (Å²) in [7, 11) is 1.41. The molecular weight excluding hydrogens is 247 g/mol. The van der Waals surface area contributed by atoms with E-state index < -0.39 is 5.82 Å². The van der Waals surface area contributed by atoms with E-state index in [4.69, 9.17) is 4.74 Å². The average Bonchev–Trinajstić information content (AvgIpc) is 2.42. The summed E-state index contributed by atoms with van der Waals surface area (Å²) in [5, 5.41) is 5.79. The SMILES string of the molecule is CCC(CC)NC(=O)CNc1ccc(OC)c(F)c1. The average molecular weight is 268 g/mol. The minimum absolute atomic E-state index is 0.0927. The van der Waals surface area contributed by atoms with Crippen molar-refractivity contribution in [3.8, 4) is 5.75 Å². The molecule has 19 heavy (non-hydrogen) atoms. The van der Waals surface area contributed by atoms with Crippen molar-refractivity contribution >= 4 is 11.6 Å². The summed E-state index contributed by atoms with van der Waals surface area (Å²) >= 11 is 0. The molecule has 0 atom stereocenters. The van der Waals surface area contributed by atoms with Crippen LogP contribution in [0.4, 0.5) is 10.1 Å². The van der Waals surface area contributed by atoms with E-state index in [9.17, 15) is 9.18 Å². The van der Waals surface area contributed by atoms with E-state index in [1.165, 1.54) is 19.2 Å². The van der Waals surface area contributed by atoms with E-state index in [0.29, 0.717) is 5.69 Å². The summed E-state index contributed by atoms with van der Waals surface area (Å²) in [6.07, 6.45) is 1.80. The van der Waals surface area contributed by atoms with Gasteiger partial charge in [-0.3, -0.25) is 4.79 Å². The van der Waals surface area contributed by atoms with E-state index in [0.717, 1.165) is 12.8 Å². The minimum atomic E-state index is -0.451. The van der Waals surface area contributed by atoms with Crippen molar-refractivity contribution in [2.75, 3.05) is 19.0 Å². The van der Waals surface area contributed by atoms with Gasteiger partial charge in [-0.2, -0.15) is 0 Å². The predicted molar refractivity (Wildman–Crippen MR) is 74.0 cm³/mol. The molecule has 0 radical (unpaired) electrons.